The number of hydroxylamine groups is 1. The van der Waals surface area contributed by atoms with E-state index in [-0.39, 0.29) is 0 Å². The number of aryl methyl sites for hydroxylation is 1. The van der Waals surface area contributed by atoms with E-state index in [2.05, 4.69) is 10.1 Å². The second-order valence-electron chi connectivity index (χ2n) is 1.65. The van der Waals surface area contributed by atoms with Crippen LogP contribution in [-0.2, 0) is 0 Å². The largest absolute Gasteiger partial charge is 0.367 e. The maximum absolute atomic E-state index is 10.5. The van der Waals surface area contributed by atoms with E-state index in [1.165, 1.54) is 11.8 Å². The number of hydrogen-bond donors (Lipinski definition) is 2. The predicted octanol–water partition coefficient (Wildman–Crippen LogP) is -0.467. The normalized spacial score (nSPS) is 9.40. The van der Waals surface area contributed by atoms with Crippen molar-refractivity contribution >= 4 is 6.03 Å². The number of rotatable bonds is 0. The summed E-state index contributed by atoms with van der Waals surface area (Å²) < 4.78 is 0.898. The van der Waals surface area contributed by atoms with Crippen molar-refractivity contribution in [1.29, 1.82) is 0 Å². The predicted molar refractivity (Wildman–Crippen MR) is 30.5 cm³/mol. The molecule has 1 aromatic rings. The first kappa shape index (κ1) is 6.69. The highest BCUT2D eigenvalue weighted by Gasteiger charge is 2.02. The summed E-state index contributed by atoms with van der Waals surface area (Å²) in [6.07, 6.45) is 1.21. The van der Waals surface area contributed by atoms with Gasteiger partial charge in [-0.2, -0.15) is 4.68 Å². The van der Waals surface area contributed by atoms with Crippen molar-refractivity contribution < 1.29 is 10.0 Å². The number of amides is 1. The smallest absolute Gasteiger partial charge is 0.287 e. The number of carbonyl (C=O) groups excluding carboxylic acids is 1. The van der Waals surface area contributed by atoms with Gasteiger partial charge in [-0.15, -0.1) is 5.10 Å². The topological polar surface area (TPSA) is 80.0 Å². The third kappa shape index (κ3) is 1.11. The van der Waals surface area contributed by atoms with Gasteiger partial charge in [0.05, 0.1) is 0 Å². The van der Waals surface area contributed by atoms with Crippen LogP contribution in [0.5, 0.6) is 0 Å². The average molecular weight is 142 g/mol. The van der Waals surface area contributed by atoms with Crippen molar-refractivity contribution in [1.82, 2.24) is 20.2 Å². The SMILES string of the molecule is Cc1ncn(C(=O)NO)n1. The summed E-state index contributed by atoms with van der Waals surface area (Å²) in [6, 6.07) is -0.722. The van der Waals surface area contributed by atoms with E-state index in [9.17, 15) is 4.79 Å². The Labute approximate surface area is 56.4 Å². The molecule has 1 heterocycles. The fourth-order valence-corrected chi connectivity index (χ4v) is 0.495. The number of nitrogens with zero attached hydrogens (tertiary/aromatic N) is 3. The zero-order valence-corrected chi connectivity index (χ0v) is 5.27. The van der Waals surface area contributed by atoms with Crippen LogP contribution in [0.3, 0.4) is 0 Å². The molecule has 0 aliphatic heterocycles. The van der Waals surface area contributed by atoms with Crippen LogP contribution >= 0.6 is 0 Å². The molecule has 0 unspecified atom stereocenters. The second kappa shape index (κ2) is 2.44. The molecule has 0 atom stereocenters. The molecule has 0 bridgehead atoms. The molecular formula is C4H6N4O2. The van der Waals surface area contributed by atoms with E-state index >= 15 is 0 Å². The van der Waals surface area contributed by atoms with Gasteiger partial charge in [-0.3, -0.25) is 5.21 Å². The third-order valence-corrected chi connectivity index (χ3v) is 0.910. The van der Waals surface area contributed by atoms with Crippen molar-refractivity contribution in [3.05, 3.63) is 12.2 Å². The summed E-state index contributed by atoms with van der Waals surface area (Å²) in [7, 11) is 0. The molecule has 0 spiro atoms. The molecule has 10 heavy (non-hydrogen) atoms. The van der Waals surface area contributed by atoms with E-state index in [0.717, 1.165) is 4.68 Å². The van der Waals surface area contributed by atoms with Crippen LogP contribution in [0.15, 0.2) is 6.33 Å². The van der Waals surface area contributed by atoms with Crippen LogP contribution in [0.25, 0.3) is 0 Å². The quantitative estimate of drug-likeness (QED) is 0.379. The summed E-state index contributed by atoms with van der Waals surface area (Å²) >= 11 is 0. The van der Waals surface area contributed by atoms with E-state index < -0.39 is 6.03 Å². The maximum atomic E-state index is 10.5. The Kier molecular flexibility index (Phi) is 1.63. The van der Waals surface area contributed by atoms with Crippen molar-refractivity contribution in [2.45, 2.75) is 6.92 Å². The minimum absolute atomic E-state index is 0.476. The van der Waals surface area contributed by atoms with Crippen LogP contribution < -0.4 is 5.48 Å². The molecule has 1 aromatic heterocycles. The molecule has 2 N–H and O–H groups in total. The highest BCUT2D eigenvalue weighted by molar-refractivity contribution is 5.73. The third-order valence-electron chi connectivity index (χ3n) is 0.910. The Morgan fingerprint density at radius 3 is 3.00 bits per heavy atom. The monoisotopic (exact) mass is 142 g/mol. The Morgan fingerprint density at radius 2 is 2.60 bits per heavy atom. The lowest BCUT2D eigenvalue weighted by atomic mass is 10.8. The Bertz CT molecular complexity index is 243. The van der Waals surface area contributed by atoms with Crippen molar-refractivity contribution in [3.8, 4) is 0 Å². The molecule has 54 valence electrons. The van der Waals surface area contributed by atoms with Gasteiger partial charge >= 0.3 is 6.03 Å². The molecule has 1 amide bonds. The lowest BCUT2D eigenvalue weighted by molar-refractivity contribution is 0.160. The van der Waals surface area contributed by atoms with Gasteiger partial charge in [0.15, 0.2) is 0 Å². The van der Waals surface area contributed by atoms with E-state index in [1.807, 2.05) is 0 Å². The minimum atomic E-state index is -0.722. The summed E-state index contributed by atoms with van der Waals surface area (Å²) in [6.45, 7) is 1.64. The highest BCUT2D eigenvalue weighted by Crippen LogP contribution is 1.84. The van der Waals surface area contributed by atoms with Crippen molar-refractivity contribution in [2.24, 2.45) is 0 Å². The summed E-state index contributed by atoms with van der Waals surface area (Å²) in [5.74, 6) is 0.476. The van der Waals surface area contributed by atoms with Crippen molar-refractivity contribution in [3.63, 3.8) is 0 Å². The van der Waals surface area contributed by atoms with Crippen LogP contribution in [0.4, 0.5) is 4.79 Å². The number of aromatic nitrogens is 3. The molecule has 6 heteroatoms. The Hall–Kier alpha value is -1.43. The Morgan fingerprint density at radius 1 is 1.90 bits per heavy atom. The highest BCUT2D eigenvalue weighted by atomic mass is 16.5. The number of hydrogen-bond acceptors (Lipinski definition) is 4. The summed E-state index contributed by atoms with van der Waals surface area (Å²) in [5, 5.41) is 11.7. The van der Waals surface area contributed by atoms with Gasteiger partial charge in [0.25, 0.3) is 0 Å². The molecule has 0 saturated heterocycles. The fourth-order valence-electron chi connectivity index (χ4n) is 0.495. The van der Waals surface area contributed by atoms with E-state index in [1.54, 1.807) is 6.92 Å². The lowest BCUT2D eigenvalue weighted by Crippen LogP contribution is -2.25. The zero-order valence-electron chi connectivity index (χ0n) is 5.27. The number of carbonyl (C=O) groups is 1. The van der Waals surface area contributed by atoms with Gasteiger partial charge in [-0.05, 0) is 6.92 Å². The molecule has 0 aromatic carbocycles. The Balaban J connectivity index is 2.85. The van der Waals surface area contributed by atoms with Crippen molar-refractivity contribution in [2.75, 3.05) is 0 Å². The first-order chi connectivity index (χ1) is 4.74. The molecule has 0 aliphatic rings. The van der Waals surface area contributed by atoms with Gasteiger partial charge in [0.1, 0.15) is 12.2 Å². The molecule has 1 rings (SSSR count). The van der Waals surface area contributed by atoms with Gasteiger partial charge in [0, 0.05) is 0 Å². The minimum Gasteiger partial charge on any atom is -0.287 e. The second-order valence-corrected chi connectivity index (χ2v) is 1.65. The number of nitrogens with one attached hydrogen (secondary N) is 1. The molecule has 0 fully saturated rings. The molecule has 0 radical (unpaired) electrons. The summed E-state index contributed by atoms with van der Waals surface area (Å²) in [4.78, 5) is 14.2. The summed E-state index contributed by atoms with van der Waals surface area (Å²) in [5.41, 5.74) is 1.42. The van der Waals surface area contributed by atoms with Crippen LogP contribution in [-0.4, -0.2) is 26.0 Å². The average Bonchev–Trinajstić information content (AvgIpc) is 2.34. The lowest BCUT2D eigenvalue weighted by Gasteiger charge is -1.92. The first-order valence-electron chi connectivity index (χ1n) is 2.56. The van der Waals surface area contributed by atoms with Gasteiger partial charge in [-0.25, -0.2) is 15.3 Å². The van der Waals surface area contributed by atoms with Crippen LogP contribution in [0, 0.1) is 6.92 Å². The first-order valence-corrected chi connectivity index (χ1v) is 2.56. The van der Waals surface area contributed by atoms with E-state index in [4.69, 9.17) is 5.21 Å². The molecule has 0 aliphatic carbocycles. The van der Waals surface area contributed by atoms with E-state index in [0.29, 0.717) is 5.82 Å². The fraction of sp³-hybridized carbons (Fsp3) is 0.250. The van der Waals surface area contributed by atoms with Crippen LogP contribution in [0.2, 0.25) is 0 Å². The molecule has 0 saturated carbocycles. The molecule has 6 nitrogen and oxygen atoms in total. The standard InChI is InChI=1S/C4H6N4O2/c1-3-5-2-8(6-3)4(9)7-10/h2,10H,1H3,(H,7,9). The van der Waals surface area contributed by atoms with Gasteiger partial charge in [0.2, 0.25) is 0 Å². The van der Waals surface area contributed by atoms with Crippen LogP contribution in [0.1, 0.15) is 5.82 Å². The zero-order chi connectivity index (χ0) is 7.56. The van der Waals surface area contributed by atoms with Gasteiger partial charge < -0.3 is 0 Å². The van der Waals surface area contributed by atoms with Gasteiger partial charge in [-0.1, -0.05) is 0 Å². The maximum Gasteiger partial charge on any atom is 0.367 e. The molecular weight excluding hydrogens is 136 g/mol.